The lowest BCUT2D eigenvalue weighted by Crippen LogP contribution is -2.37. The van der Waals surface area contributed by atoms with E-state index in [4.69, 9.17) is 14.9 Å². The maximum Gasteiger partial charge on any atom is 0.320 e. The van der Waals surface area contributed by atoms with E-state index in [1.807, 2.05) is 0 Å². The highest BCUT2D eigenvalue weighted by Gasteiger charge is 2.36. The molecular weight excluding hydrogens is 282 g/mol. The number of unbranched alkanes of at least 4 members (excludes halogenated alkanes) is 1. The highest BCUT2D eigenvalue weighted by molar-refractivity contribution is 8.01. The summed E-state index contributed by atoms with van der Waals surface area (Å²) in [5.41, 5.74) is 0. The van der Waals surface area contributed by atoms with Crippen molar-refractivity contribution in [3.63, 3.8) is 0 Å². The lowest BCUT2D eigenvalue weighted by molar-refractivity contribution is -0.145. The van der Waals surface area contributed by atoms with E-state index in [9.17, 15) is 9.59 Å². The fourth-order valence-corrected chi connectivity index (χ4v) is 3.18. The number of morpholine rings is 1. The molecule has 1 fully saturated rings. The van der Waals surface area contributed by atoms with Crippen LogP contribution in [0.3, 0.4) is 0 Å². The molecule has 1 atom stereocenters. The number of hydrogen-bond acceptors (Lipinski definition) is 5. The van der Waals surface area contributed by atoms with Crippen molar-refractivity contribution < 1.29 is 24.5 Å². The van der Waals surface area contributed by atoms with E-state index < -0.39 is 16.7 Å². The molecule has 7 heteroatoms. The fourth-order valence-electron chi connectivity index (χ4n) is 2.04. The number of thioether (sulfide) groups is 1. The summed E-state index contributed by atoms with van der Waals surface area (Å²) in [6.07, 6.45) is 1.54. The van der Waals surface area contributed by atoms with Gasteiger partial charge >= 0.3 is 11.9 Å². The van der Waals surface area contributed by atoms with Gasteiger partial charge in [0.2, 0.25) is 0 Å². The molecule has 6 nitrogen and oxygen atoms in total. The smallest absolute Gasteiger partial charge is 0.320 e. The number of nitrogens with zero attached hydrogens (tertiary/aromatic N) is 1. The van der Waals surface area contributed by atoms with Crippen LogP contribution in [0.2, 0.25) is 0 Å². The number of carboxylic acids is 2. The fraction of sp³-hybridized carbons (Fsp3) is 0.846. The van der Waals surface area contributed by atoms with Crippen molar-refractivity contribution in [2.24, 2.45) is 0 Å². The summed E-state index contributed by atoms with van der Waals surface area (Å²) in [4.78, 5) is 24.2. The molecule has 1 rings (SSSR count). The van der Waals surface area contributed by atoms with Crippen LogP contribution in [0.4, 0.5) is 0 Å². The van der Waals surface area contributed by atoms with E-state index >= 15 is 0 Å². The highest BCUT2D eigenvalue weighted by Crippen LogP contribution is 2.30. The summed E-state index contributed by atoms with van der Waals surface area (Å²) >= 11 is 1.22. The number of rotatable bonds is 9. The van der Waals surface area contributed by atoms with Gasteiger partial charge in [0.1, 0.15) is 4.75 Å². The van der Waals surface area contributed by atoms with E-state index in [1.165, 1.54) is 18.7 Å². The molecule has 20 heavy (non-hydrogen) atoms. The molecule has 0 aromatic carbocycles. The molecule has 0 amide bonds. The number of carbonyl (C=O) groups is 2. The highest BCUT2D eigenvalue weighted by atomic mass is 32.2. The Morgan fingerprint density at radius 3 is 2.45 bits per heavy atom. The van der Waals surface area contributed by atoms with Crippen LogP contribution in [0, 0.1) is 0 Å². The van der Waals surface area contributed by atoms with Gasteiger partial charge in [-0.15, -0.1) is 11.8 Å². The van der Waals surface area contributed by atoms with Crippen LogP contribution in [0.25, 0.3) is 0 Å². The molecule has 0 radical (unpaired) electrons. The topological polar surface area (TPSA) is 87.1 Å². The molecule has 0 aromatic rings. The number of carboxylic acid groups (broad SMARTS) is 2. The lowest BCUT2D eigenvalue weighted by Gasteiger charge is -2.26. The van der Waals surface area contributed by atoms with Gasteiger partial charge in [-0.05, 0) is 32.1 Å². The van der Waals surface area contributed by atoms with E-state index in [0.717, 1.165) is 45.7 Å². The summed E-state index contributed by atoms with van der Waals surface area (Å²) in [6.45, 7) is 5.95. The minimum absolute atomic E-state index is 0.351. The van der Waals surface area contributed by atoms with Crippen molar-refractivity contribution in [1.29, 1.82) is 0 Å². The number of ether oxygens (including phenoxy) is 1. The van der Waals surface area contributed by atoms with Gasteiger partial charge in [0.05, 0.1) is 19.6 Å². The second-order valence-electron chi connectivity index (χ2n) is 5.12. The summed E-state index contributed by atoms with van der Waals surface area (Å²) in [5, 5.41) is 17.9. The predicted molar refractivity (Wildman–Crippen MR) is 77.2 cm³/mol. The molecule has 1 heterocycles. The number of aliphatic carboxylic acids is 2. The Morgan fingerprint density at radius 2 is 1.90 bits per heavy atom. The lowest BCUT2D eigenvalue weighted by atomic mass is 10.1. The maximum absolute atomic E-state index is 11.2. The van der Waals surface area contributed by atoms with Gasteiger partial charge in [0.15, 0.2) is 0 Å². The molecule has 2 N–H and O–H groups in total. The Labute approximate surface area is 123 Å². The van der Waals surface area contributed by atoms with Crippen LogP contribution in [-0.4, -0.2) is 70.4 Å². The average Bonchev–Trinajstić information content (AvgIpc) is 2.38. The predicted octanol–water partition coefficient (Wildman–Crippen LogP) is 1.15. The molecule has 116 valence electrons. The zero-order valence-electron chi connectivity index (χ0n) is 11.8. The Kier molecular flexibility index (Phi) is 7.32. The quantitative estimate of drug-likeness (QED) is 0.618. The summed E-state index contributed by atoms with van der Waals surface area (Å²) < 4.78 is 4.04. The average molecular weight is 305 g/mol. The van der Waals surface area contributed by atoms with Gasteiger partial charge < -0.3 is 14.9 Å². The van der Waals surface area contributed by atoms with Gasteiger partial charge in [-0.3, -0.25) is 14.5 Å². The second-order valence-corrected chi connectivity index (χ2v) is 6.71. The first-order valence-corrected chi connectivity index (χ1v) is 7.82. The summed E-state index contributed by atoms with van der Waals surface area (Å²) in [7, 11) is 0. The Bertz CT molecular complexity index is 333. The van der Waals surface area contributed by atoms with Crippen molar-refractivity contribution in [2.75, 3.05) is 38.6 Å². The van der Waals surface area contributed by atoms with Crippen molar-refractivity contribution in [1.82, 2.24) is 4.90 Å². The van der Waals surface area contributed by atoms with Crippen molar-refractivity contribution >= 4 is 23.7 Å². The minimum Gasteiger partial charge on any atom is -0.481 e. The van der Waals surface area contributed by atoms with Gasteiger partial charge in [0, 0.05) is 13.1 Å². The molecule has 0 spiro atoms. The zero-order valence-corrected chi connectivity index (χ0v) is 12.7. The molecule has 1 aliphatic heterocycles. The third kappa shape index (κ3) is 6.11. The molecular formula is C13H23NO5S. The van der Waals surface area contributed by atoms with E-state index in [-0.39, 0.29) is 6.42 Å². The Morgan fingerprint density at radius 1 is 1.25 bits per heavy atom. The van der Waals surface area contributed by atoms with Crippen LogP contribution in [0.15, 0.2) is 0 Å². The molecule has 0 aliphatic carbocycles. The third-order valence-electron chi connectivity index (χ3n) is 3.33. The number of hydrogen-bond donors (Lipinski definition) is 2. The minimum atomic E-state index is -1.23. The maximum atomic E-state index is 11.2. The molecule has 0 bridgehead atoms. The molecule has 1 unspecified atom stereocenters. The van der Waals surface area contributed by atoms with Crippen LogP contribution in [0.5, 0.6) is 0 Å². The van der Waals surface area contributed by atoms with Crippen molar-refractivity contribution in [2.45, 2.75) is 30.9 Å². The molecule has 1 saturated heterocycles. The van der Waals surface area contributed by atoms with Crippen molar-refractivity contribution in [3.05, 3.63) is 0 Å². The monoisotopic (exact) mass is 305 g/mol. The van der Waals surface area contributed by atoms with Gasteiger partial charge in [-0.1, -0.05) is 0 Å². The van der Waals surface area contributed by atoms with Crippen LogP contribution in [-0.2, 0) is 14.3 Å². The van der Waals surface area contributed by atoms with E-state index in [0.29, 0.717) is 5.75 Å². The molecule has 0 aromatic heterocycles. The summed E-state index contributed by atoms with van der Waals surface area (Å²) in [5.74, 6) is -1.46. The summed E-state index contributed by atoms with van der Waals surface area (Å²) in [6, 6.07) is 0. The van der Waals surface area contributed by atoms with Crippen molar-refractivity contribution in [3.8, 4) is 0 Å². The second kappa shape index (κ2) is 8.49. The first-order valence-electron chi connectivity index (χ1n) is 6.83. The van der Waals surface area contributed by atoms with Crippen LogP contribution in [0.1, 0.15) is 26.2 Å². The molecule has 0 saturated carbocycles. The van der Waals surface area contributed by atoms with Crippen LogP contribution >= 0.6 is 11.8 Å². The molecule has 1 aliphatic rings. The standard InChI is InChI=1S/C13H23NO5S/c1-13(12(17)18,10-11(15)16)20-9-3-2-4-14-5-7-19-8-6-14/h2-10H2,1H3,(H,15,16)(H,17,18). The Hall–Kier alpha value is -0.790. The SMILES string of the molecule is CC(CC(=O)O)(SCCCCN1CCOCC1)C(=O)O. The third-order valence-corrected chi connectivity index (χ3v) is 4.78. The zero-order chi connectivity index (χ0) is 15.0. The van der Waals surface area contributed by atoms with E-state index in [2.05, 4.69) is 4.90 Å². The first-order chi connectivity index (χ1) is 9.44. The Balaban J connectivity index is 2.20. The normalized spacial score (nSPS) is 19.4. The first kappa shape index (κ1) is 17.3. The van der Waals surface area contributed by atoms with Gasteiger partial charge in [0.25, 0.3) is 0 Å². The largest absolute Gasteiger partial charge is 0.481 e. The van der Waals surface area contributed by atoms with Gasteiger partial charge in [-0.2, -0.15) is 0 Å². The van der Waals surface area contributed by atoms with Gasteiger partial charge in [-0.25, -0.2) is 0 Å². The van der Waals surface area contributed by atoms with Crippen LogP contribution < -0.4 is 0 Å². The van der Waals surface area contributed by atoms with E-state index in [1.54, 1.807) is 0 Å².